The van der Waals surface area contributed by atoms with Gasteiger partial charge in [0, 0.05) is 6.42 Å². The van der Waals surface area contributed by atoms with E-state index in [0.717, 1.165) is 5.56 Å². The molecular weight excluding hydrogens is 185 g/mol. The van der Waals surface area contributed by atoms with Crippen molar-refractivity contribution in [3.63, 3.8) is 0 Å². The Morgan fingerprint density at radius 1 is 1.50 bits per heavy atom. The molecule has 0 unspecified atom stereocenters. The molecule has 1 amide bonds. The number of alkyl carbamates (subject to hydrolysis) is 1. The lowest BCUT2D eigenvalue weighted by Crippen LogP contribution is -2.35. The van der Waals surface area contributed by atoms with Gasteiger partial charge in [-0.25, -0.2) is 9.18 Å². The average molecular weight is 195 g/mol. The Morgan fingerprint density at radius 3 is 3.07 bits per heavy atom. The molecule has 1 heterocycles. The quantitative estimate of drug-likeness (QED) is 0.744. The zero-order valence-electron chi connectivity index (χ0n) is 7.50. The Morgan fingerprint density at radius 2 is 2.36 bits per heavy atom. The fraction of sp³-hybridized carbons (Fsp3) is 0.300. The summed E-state index contributed by atoms with van der Waals surface area (Å²) in [5, 5.41) is 2.63. The minimum absolute atomic E-state index is 0.132. The van der Waals surface area contributed by atoms with Gasteiger partial charge in [0.2, 0.25) is 0 Å². The molecule has 3 nitrogen and oxygen atoms in total. The van der Waals surface area contributed by atoms with Crippen molar-refractivity contribution in [2.24, 2.45) is 0 Å². The maximum absolute atomic E-state index is 12.9. The first-order valence-corrected chi connectivity index (χ1v) is 4.44. The number of rotatable bonds is 1. The number of amides is 1. The summed E-state index contributed by atoms with van der Waals surface area (Å²) in [6.45, 7) is 0.382. The lowest BCUT2D eigenvalue weighted by Gasteiger charge is -2.23. The molecule has 1 aliphatic rings. The van der Waals surface area contributed by atoms with E-state index in [9.17, 15) is 9.18 Å². The first-order chi connectivity index (χ1) is 6.75. The highest BCUT2D eigenvalue weighted by atomic mass is 19.1. The summed E-state index contributed by atoms with van der Waals surface area (Å²) in [4.78, 5) is 10.9. The van der Waals surface area contributed by atoms with Gasteiger partial charge in [0.25, 0.3) is 0 Å². The summed E-state index contributed by atoms with van der Waals surface area (Å²) in [5.41, 5.74) is 0.779. The van der Waals surface area contributed by atoms with Gasteiger partial charge < -0.3 is 10.1 Å². The minimum Gasteiger partial charge on any atom is -0.449 e. The first-order valence-electron chi connectivity index (χ1n) is 4.44. The molecule has 0 saturated carbocycles. The van der Waals surface area contributed by atoms with Crippen LogP contribution >= 0.6 is 0 Å². The van der Waals surface area contributed by atoms with Crippen LogP contribution in [0.5, 0.6) is 0 Å². The second kappa shape index (κ2) is 3.65. The third kappa shape index (κ3) is 1.84. The van der Waals surface area contributed by atoms with Crippen LogP contribution in [-0.2, 0) is 4.74 Å². The normalized spacial score (nSPS) is 21.2. The van der Waals surface area contributed by atoms with Gasteiger partial charge in [-0.3, -0.25) is 0 Å². The van der Waals surface area contributed by atoms with Gasteiger partial charge in [0.1, 0.15) is 5.82 Å². The van der Waals surface area contributed by atoms with Crippen LogP contribution in [0.4, 0.5) is 9.18 Å². The molecule has 74 valence electrons. The van der Waals surface area contributed by atoms with Crippen LogP contribution in [0.25, 0.3) is 0 Å². The Bertz CT molecular complexity index is 354. The van der Waals surface area contributed by atoms with Crippen LogP contribution in [0.3, 0.4) is 0 Å². The predicted molar refractivity (Wildman–Crippen MR) is 48.2 cm³/mol. The molecule has 0 bridgehead atoms. The lowest BCUT2D eigenvalue weighted by atomic mass is 10.0. The fourth-order valence-corrected chi connectivity index (χ4v) is 1.50. The number of ether oxygens (including phenoxy) is 1. The summed E-state index contributed by atoms with van der Waals surface area (Å²) in [6.07, 6.45) is 0.236. The summed E-state index contributed by atoms with van der Waals surface area (Å²) >= 11 is 0. The minimum atomic E-state index is -0.439. The van der Waals surface area contributed by atoms with Crippen molar-refractivity contribution < 1.29 is 13.9 Å². The van der Waals surface area contributed by atoms with Crippen LogP contribution in [0, 0.1) is 5.82 Å². The number of halogens is 1. The van der Waals surface area contributed by atoms with Crippen molar-refractivity contribution in [3.8, 4) is 0 Å². The van der Waals surface area contributed by atoms with Crippen LogP contribution < -0.4 is 5.32 Å². The van der Waals surface area contributed by atoms with E-state index >= 15 is 0 Å². The van der Waals surface area contributed by atoms with Crippen molar-refractivity contribution in [2.45, 2.75) is 12.5 Å². The van der Waals surface area contributed by atoms with E-state index in [2.05, 4.69) is 5.32 Å². The Kier molecular flexibility index (Phi) is 2.35. The molecule has 1 fully saturated rings. The molecule has 1 atom stereocenters. The Balaban J connectivity index is 2.17. The number of hydrogen-bond donors (Lipinski definition) is 1. The van der Waals surface area contributed by atoms with Crippen molar-refractivity contribution in [1.82, 2.24) is 5.32 Å². The zero-order chi connectivity index (χ0) is 9.97. The highest BCUT2D eigenvalue weighted by Gasteiger charge is 2.20. The van der Waals surface area contributed by atoms with Crippen LogP contribution in [0.2, 0.25) is 0 Å². The highest BCUT2D eigenvalue weighted by molar-refractivity contribution is 5.68. The predicted octanol–water partition coefficient (Wildman–Crippen LogP) is 2.00. The van der Waals surface area contributed by atoms with Gasteiger partial charge in [0.05, 0.1) is 12.6 Å². The van der Waals surface area contributed by atoms with E-state index in [1.165, 1.54) is 12.1 Å². The van der Waals surface area contributed by atoms with Crippen molar-refractivity contribution in [2.75, 3.05) is 6.61 Å². The molecular formula is C10H10FNO2. The molecule has 1 N–H and O–H groups in total. The molecule has 1 aliphatic heterocycles. The molecule has 2 rings (SSSR count). The third-order valence-corrected chi connectivity index (χ3v) is 2.18. The standard InChI is InChI=1S/C10H10FNO2/c11-8-3-1-2-7(6-8)9-4-5-14-10(13)12-9/h1-3,6,9H,4-5H2,(H,12,13)/t9-/m0/s1. The van der Waals surface area contributed by atoms with Crippen molar-refractivity contribution in [3.05, 3.63) is 35.6 Å². The molecule has 14 heavy (non-hydrogen) atoms. The molecule has 1 saturated heterocycles. The molecule has 0 aromatic heterocycles. The van der Waals surface area contributed by atoms with Crippen LogP contribution in [-0.4, -0.2) is 12.7 Å². The Hall–Kier alpha value is -1.58. The highest BCUT2D eigenvalue weighted by Crippen LogP contribution is 2.20. The number of benzene rings is 1. The fourth-order valence-electron chi connectivity index (χ4n) is 1.50. The van der Waals surface area contributed by atoms with Gasteiger partial charge in [-0.2, -0.15) is 0 Å². The lowest BCUT2D eigenvalue weighted by molar-refractivity contribution is 0.115. The van der Waals surface area contributed by atoms with Crippen LogP contribution in [0.1, 0.15) is 18.0 Å². The van der Waals surface area contributed by atoms with Crippen LogP contribution in [0.15, 0.2) is 24.3 Å². The van der Waals surface area contributed by atoms with Gasteiger partial charge in [-0.15, -0.1) is 0 Å². The maximum atomic E-state index is 12.9. The van der Waals surface area contributed by atoms with Crippen molar-refractivity contribution >= 4 is 6.09 Å². The van der Waals surface area contributed by atoms with Gasteiger partial charge in [-0.05, 0) is 17.7 Å². The smallest absolute Gasteiger partial charge is 0.407 e. The second-order valence-corrected chi connectivity index (χ2v) is 3.18. The summed E-state index contributed by atoms with van der Waals surface area (Å²) in [5.74, 6) is -0.289. The molecule has 0 radical (unpaired) electrons. The topological polar surface area (TPSA) is 38.3 Å². The monoisotopic (exact) mass is 195 g/mol. The number of nitrogens with one attached hydrogen (secondary N) is 1. The number of hydrogen-bond acceptors (Lipinski definition) is 2. The van der Waals surface area contributed by atoms with Gasteiger partial charge in [-0.1, -0.05) is 12.1 Å². The first kappa shape index (κ1) is 8.99. The van der Waals surface area contributed by atoms with E-state index in [1.807, 2.05) is 0 Å². The molecule has 1 aromatic rings. The SMILES string of the molecule is O=C1N[C@H](c2cccc(F)c2)CCO1. The van der Waals surface area contributed by atoms with E-state index in [0.29, 0.717) is 13.0 Å². The number of carbonyl (C=O) groups excluding carboxylic acids is 1. The zero-order valence-corrected chi connectivity index (χ0v) is 7.50. The summed E-state index contributed by atoms with van der Waals surface area (Å²) < 4.78 is 17.6. The third-order valence-electron chi connectivity index (χ3n) is 2.18. The summed E-state index contributed by atoms with van der Waals surface area (Å²) in [7, 11) is 0. The van der Waals surface area contributed by atoms with Gasteiger partial charge >= 0.3 is 6.09 Å². The molecule has 4 heteroatoms. The van der Waals surface area contributed by atoms with Crippen molar-refractivity contribution in [1.29, 1.82) is 0 Å². The Labute approximate surface area is 80.9 Å². The maximum Gasteiger partial charge on any atom is 0.407 e. The van der Waals surface area contributed by atoms with E-state index in [1.54, 1.807) is 12.1 Å². The molecule has 1 aromatic carbocycles. The van der Waals surface area contributed by atoms with E-state index < -0.39 is 6.09 Å². The second-order valence-electron chi connectivity index (χ2n) is 3.18. The van der Waals surface area contributed by atoms with E-state index in [-0.39, 0.29) is 11.9 Å². The summed E-state index contributed by atoms with van der Waals surface area (Å²) in [6, 6.07) is 6.10. The molecule has 0 aliphatic carbocycles. The average Bonchev–Trinajstić information content (AvgIpc) is 2.18. The van der Waals surface area contributed by atoms with Gasteiger partial charge in [0.15, 0.2) is 0 Å². The largest absolute Gasteiger partial charge is 0.449 e. The number of cyclic esters (lactones) is 1. The molecule has 0 spiro atoms. The number of carbonyl (C=O) groups is 1. The van der Waals surface area contributed by atoms with E-state index in [4.69, 9.17) is 4.74 Å².